The van der Waals surface area contributed by atoms with Gasteiger partial charge in [-0.25, -0.2) is 4.98 Å². The zero-order valence-electron chi connectivity index (χ0n) is 18.0. The molecule has 9 heteroatoms. The molecule has 4 heterocycles. The fourth-order valence-corrected chi connectivity index (χ4v) is 4.23. The molecule has 0 atom stereocenters. The second kappa shape index (κ2) is 7.66. The van der Waals surface area contributed by atoms with E-state index in [-0.39, 0.29) is 5.91 Å². The van der Waals surface area contributed by atoms with Crippen molar-refractivity contribution in [3.05, 3.63) is 47.9 Å². The molecule has 2 aliphatic heterocycles. The van der Waals surface area contributed by atoms with Crippen LogP contribution in [0.5, 0.6) is 0 Å². The Morgan fingerprint density at radius 3 is 2.71 bits per heavy atom. The van der Waals surface area contributed by atoms with Crippen LogP contribution in [0.4, 0.5) is 28.8 Å². The lowest BCUT2D eigenvalue weighted by molar-refractivity contribution is 0.0994. The van der Waals surface area contributed by atoms with Gasteiger partial charge in [0.1, 0.15) is 5.69 Å². The van der Waals surface area contributed by atoms with Gasteiger partial charge in [0.25, 0.3) is 5.91 Å². The highest BCUT2D eigenvalue weighted by atomic mass is 16.2. The Bertz CT molecular complexity index is 1130. The maximum absolute atomic E-state index is 13.0. The minimum Gasteiger partial charge on any atom is -0.327 e. The van der Waals surface area contributed by atoms with Gasteiger partial charge in [0.15, 0.2) is 5.82 Å². The summed E-state index contributed by atoms with van der Waals surface area (Å²) in [4.78, 5) is 25.8. The molecule has 1 amide bonds. The number of amides is 1. The predicted octanol–water partition coefficient (Wildman–Crippen LogP) is 3.01. The van der Waals surface area contributed by atoms with Crippen molar-refractivity contribution in [1.29, 1.82) is 0 Å². The van der Waals surface area contributed by atoms with Crippen LogP contribution in [0.15, 0.2) is 36.8 Å². The molecule has 5 rings (SSSR count). The third kappa shape index (κ3) is 3.50. The van der Waals surface area contributed by atoms with E-state index in [0.717, 1.165) is 42.9 Å². The Morgan fingerprint density at radius 2 is 1.90 bits per heavy atom. The molecule has 1 aromatic carbocycles. The summed E-state index contributed by atoms with van der Waals surface area (Å²) in [5.41, 5.74) is 4.02. The number of aryl methyl sites for hydroxylation is 1. The summed E-state index contributed by atoms with van der Waals surface area (Å²) in [7, 11) is 3.68. The first-order valence-corrected chi connectivity index (χ1v) is 10.5. The van der Waals surface area contributed by atoms with Gasteiger partial charge in [-0.2, -0.15) is 10.1 Å². The normalized spacial score (nSPS) is 16.7. The molecule has 1 fully saturated rings. The molecule has 2 aromatic heterocycles. The van der Waals surface area contributed by atoms with Crippen LogP contribution in [0.3, 0.4) is 0 Å². The summed E-state index contributed by atoms with van der Waals surface area (Å²) in [6.45, 7) is 4.01. The Hall–Kier alpha value is -3.46. The Labute approximate surface area is 181 Å². The summed E-state index contributed by atoms with van der Waals surface area (Å²) in [5, 5.41) is 11.2. The van der Waals surface area contributed by atoms with Gasteiger partial charge in [0, 0.05) is 20.3 Å². The van der Waals surface area contributed by atoms with Crippen molar-refractivity contribution in [2.24, 2.45) is 0 Å². The van der Waals surface area contributed by atoms with E-state index in [2.05, 4.69) is 20.7 Å². The number of nitrogens with zero attached hydrogens (tertiary/aromatic N) is 6. The van der Waals surface area contributed by atoms with E-state index in [1.54, 1.807) is 24.3 Å². The number of anilines is 5. The molecule has 0 saturated carbocycles. The standard InChI is InChI=1S/C22H26N8O/c1-14-4-5-18-17(10-14)21(31)29(3)19-12-24-22(27-20(19)28(18)2)26-15-11-25-30(13-15)16-6-8-23-9-7-16/h4-5,10-13,16,23H,6-9H2,1-3H3,(H,24,26,27). The van der Waals surface area contributed by atoms with Gasteiger partial charge in [-0.3, -0.25) is 9.48 Å². The Balaban J connectivity index is 1.45. The fourth-order valence-electron chi connectivity index (χ4n) is 4.23. The number of hydrogen-bond donors (Lipinski definition) is 2. The summed E-state index contributed by atoms with van der Waals surface area (Å²) >= 11 is 0. The zero-order valence-corrected chi connectivity index (χ0v) is 18.0. The van der Waals surface area contributed by atoms with E-state index >= 15 is 0 Å². The highest BCUT2D eigenvalue weighted by Gasteiger charge is 2.29. The number of benzene rings is 1. The van der Waals surface area contributed by atoms with E-state index in [0.29, 0.717) is 29.1 Å². The summed E-state index contributed by atoms with van der Waals surface area (Å²) in [6.07, 6.45) is 7.63. The van der Waals surface area contributed by atoms with Gasteiger partial charge in [0.2, 0.25) is 5.95 Å². The molecule has 160 valence electrons. The lowest BCUT2D eigenvalue weighted by atomic mass is 10.1. The van der Waals surface area contributed by atoms with Crippen LogP contribution in [-0.4, -0.2) is 52.8 Å². The van der Waals surface area contributed by atoms with Crippen LogP contribution in [0.1, 0.15) is 34.8 Å². The van der Waals surface area contributed by atoms with Crippen LogP contribution in [0.25, 0.3) is 0 Å². The molecule has 2 aliphatic rings. The number of hydrogen-bond acceptors (Lipinski definition) is 7. The molecule has 0 radical (unpaired) electrons. The average molecular weight is 419 g/mol. The predicted molar refractivity (Wildman–Crippen MR) is 121 cm³/mol. The van der Waals surface area contributed by atoms with Crippen molar-refractivity contribution in [3.63, 3.8) is 0 Å². The molecule has 31 heavy (non-hydrogen) atoms. The second-order valence-corrected chi connectivity index (χ2v) is 8.16. The lowest BCUT2D eigenvalue weighted by Gasteiger charge is -2.22. The zero-order chi connectivity index (χ0) is 21.5. The largest absolute Gasteiger partial charge is 0.327 e. The molecule has 0 unspecified atom stereocenters. The Kier molecular flexibility index (Phi) is 4.82. The summed E-state index contributed by atoms with van der Waals surface area (Å²) in [5.74, 6) is 1.06. The monoisotopic (exact) mass is 418 g/mol. The van der Waals surface area contributed by atoms with Gasteiger partial charge in [0.05, 0.1) is 35.4 Å². The van der Waals surface area contributed by atoms with E-state index in [1.807, 2.05) is 47.9 Å². The van der Waals surface area contributed by atoms with Crippen LogP contribution in [0, 0.1) is 6.92 Å². The number of aromatic nitrogens is 4. The molecule has 9 nitrogen and oxygen atoms in total. The molecule has 0 bridgehead atoms. The average Bonchev–Trinajstić information content (AvgIpc) is 3.24. The number of carbonyl (C=O) groups is 1. The molecule has 1 saturated heterocycles. The Morgan fingerprint density at radius 1 is 1.10 bits per heavy atom. The minimum absolute atomic E-state index is 0.0724. The van der Waals surface area contributed by atoms with E-state index < -0.39 is 0 Å². The SMILES string of the molecule is Cc1ccc2c(c1)C(=O)N(C)c1cnc(Nc3cnn(C4CCNCC4)c3)nc1N2C. The van der Waals surface area contributed by atoms with Crippen molar-refractivity contribution in [2.45, 2.75) is 25.8 Å². The molecule has 0 spiro atoms. The van der Waals surface area contributed by atoms with Crippen molar-refractivity contribution in [1.82, 2.24) is 25.1 Å². The van der Waals surface area contributed by atoms with E-state index in [4.69, 9.17) is 4.98 Å². The third-order valence-corrected chi connectivity index (χ3v) is 6.02. The number of nitrogens with one attached hydrogen (secondary N) is 2. The number of rotatable bonds is 3. The first kappa shape index (κ1) is 19.5. The molecule has 2 N–H and O–H groups in total. The molecular formula is C22H26N8O. The first-order chi connectivity index (χ1) is 15.0. The van der Waals surface area contributed by atoms with Crippen LogP contribution < -0.4 is 20.4 Å². The quantitative estimate of drug-likeness (QED) is 0.676. The topological polar surface area (TPSA) is 91.2 Å². The summed E-state index contributed by atoms with van der Waals surface area (Å²) < 4.78 is 2.02. The highest BCUT2D eigenvalue weighted by molar-refractivity contribution is 6.13. The second-order valence-electron chi connectivity index (χ2n) is 8.16. The highest BCUT2D eigenvalue weighted by Crippen LogP contribution is 2.38. The minimum atomic E-state index is -0.0724. The van der Waals surface area contributed by atoms with Gasteiger partial charge in [-0.05, 0) is 45.0 Å². The van der Waals surface area contributed by atoms with E-state index in [9.17, 15) is 4.79 Å². The smallest absolute Gasteiger partial charge is 0.260 e. The van der Waals surface area contributed by atoms with Gasteiger partial charge in [-0.1, -0.05) is 11.6 Å². The van der Waals surface area contributed by atoms with Gasteiger partial charge >= 0.3 is 0 Å². The molecule has 0 aliphatic carbocycles. The number of carbonyl (C=O) groups excluding carboxylic acids is 1. The number of piperidine rings is 1. The fraction of sp³-hybridized carbons (Fsp3) is 0.364. The lowest BCUT2D eigenvalue weighted by Crippen LogP contribution is -2.29. The summed E-state index contributed by atoms with van der Waals surface area (Å²) in [6, 6.07) is 6.29. The maximum atomic E-state index is 13.0. The van der Waals surface area contributed by atoms with Crippen LogP contribution >= 0.6 is 0 Å². The third-order valence-electron chi connectivity index (χ3n) is 6.02. The molecule has 3 aromatic rings. The van der Waals surface area contributed by atoms with Gasteiger partial charge in [-0.15, -0.1) is 0 Å². The van der Waals surface area contributed by atoms with Crippen molar-refractivity contribution in [3.8, 4) is 0 Å². The van der Waals surface area contributed by atoms with Crippen LogP contribution in [0.2, 0.25) is 0 Å². The van der Waals surface area contributed by atoms with Crippen molar-refractivity contribution in [2.75, 3.05) is 42.3 Å². The van der Waals surface area contributed by atoms with Crippen molar-refractivity contribution >= 4 is 34.7 Å². The first-order valence-electron chi connectivity index (χ1n) is 10.5. The van der Waals surface area contributed by atoms with Gasteiger partial charge < -0.3 is 20.4 Å². The van der Waals surface area contributed by atoms with Crippen LogP contribution in [-0.2, 0) is 0 Å². The molecular weight excluding hydrogens is 392 g/mol. The van der Waals surface area contributed by atoms with Crippen molar-refractivity contribution < 1.29 is 4.79 Å². The number of fused-ring (bicyclic) bond motifs is 2. The van der Waals surface area contributed by atoms with E-state index in [1.165, 1.54) is 0 Å². The maximum Gasteiger partial charge on any atom is 0.260 e.